The number of rotatable bonds is 4. The molecule has 0 unspecified atom stereocenters. The summed E-state index contributed by atoms with van der Waals surface area (Å²) in [6.45, 7) is 4.62. The predicted molar refractivity (Wildman–Crippen MR) is 78.0 cm³/mol. The second-order valence-corrected chi connectivity index (χ2v) is 4.67. The van der Waals surface area contributed by atoms with E-state index >= 15 is 0 Å². The minimum absolute atomic E-state index is 0.483. The summed E-state index contributed by atoms with van der Waals surface area (Å²) in [6, 6.07) is 13.5. The largest absolute Gasteiger partial charge is 0.497 e. The van der Waals surface area contributed by atoms with Crippen molar-refractivity contribution >= 4 is 0 Å². The van der Waals surface area contributed by atoms with Gasteiger partial charge in [-0.3, -0.25) is 0 Å². The molecule has 0 atom stereocenters. The van der Waals surface area contributed by atoms with E-state index in [1.54, 1.807) is 25.3 Å². The highest BCUT2D eigenvalue weighted by molar-refractivity contribution is 5.44. The molecule has 20 heavy (non-hydrogen) atoms. The van der Waals surface area contributed by atoms with Crippen LogP contribution in [0, 0.1) is 25.2 Å². The SMILES string of the molecule is COc1cc(C#N)cc(OCc2c(C)cccc2C)c1. The molecule has 2 rings (SSSR count). The van der Waals surface area contributed by atoms with E-state index in [9.17, 15) is 0 Å². The molecule has 0 spiro atoms. The fourth-order valence-corrected chi connectivity index (χ4v) is 2.07. The molecule has 0 N–H and O–H groups in total. The number of aryl methyl sites for hydroxylation is 2. The zero-order valence-corrected chi connectivity index (χ0v) is 11.9. The van der Waals surface area contributed by atoms with Crippen molar-refractivity contribution in [2.45, 2.75) is 20.5 Å². The van der Waals surface area contributed by atoms with Gasteiger partial charge in [-0.05, 0) is 42.7 Å². The summed E-state index contributed by atoms with van der Waals surface area (Å²) in [7, 11) is 1.58. The fourth-order valence-electron chi connectivity index (χ4n) is 2.07. The van der Waals surface area contributed by atoms with Crippen LogP contribution in [0.15, 0.2) is 36.4 Å². The second kappa shape index (κ2) is 6.12. The standard InChI is InChI=1S/C17H17NO2/c1-12-5-4-6-13(2)17(12)11-20-16-8-14(10-18)7-15(9-16)19-3/h4-9H,11H2,1-3H3. The van der Waals surface area contributed by atoms with Crippen molar-refractivity contribution in [1.29, 1.82) is 5.26 Å². The van der Waals surface area contributed by atoms with Gasteiger partial charge in [0.2, 0.25) is 0 Å². The molecule has 0 aliphatic carbocycles. The van der Waals surface area contributed by atoms with Crippen molar-refractivity contribution < 1.29 is 9.47 Å². The molecule has 2 aromatic carbocycles. The van der Waals surface area contributed by atoms with Gasteiger partial charge in [0.25, 0.3) is 0 Å². The average molecular weight is 267 g/mol. The van der Waals surface area contributed by atoms with Crippen LogP contribution in [0.3, 0.4) is 0 Å². The minimum Gasteiger partial charge on any atom is -0.497 e. The summed E-state index contributed by atoms with van der Waals surface area (Å²) >= 11 is 0. The van der Waals surface area contributed by atoms with Crippen LogP contribution in [0.5, 0.6) is 11.5 Å². The molecule has 0 aromatic heterocycles. The van der Waals surface area contributed by atoms with Gasteiger partial charge >= 0.3 is 0 Å². The van der Waals surface area contributed by atoms with Gasteiger partial charge in [-0.2, -0.15) is 5.26 Å². The van der Waals surface area contributed by atoms with Crippen molar-refractivity contribution in [3.8, 4) is 17.6 Å². The summed E-state index contributed by atoms with van der Waals surface area (Å²) in [6.07, 6.45) is 0. The van der Waals surface area contributed by atoms with E-state index in [0.717, 1.165) is 0 Å². The molecule has 102 valence electrons. The van der Waals surface area contributed by atoms with Gasteiger partial charge in [0, 0.05) is 6.07 Å². The van der Waals surface area contributed by atoms with E-state index in [-0.39, 0.29) is 0 Å². The van der Waals surface area contributed by atoms with E-state index in [4.69, 9.17) is 14.7 Å². The van der Waals surface area contributed by atoms with Crippen LogP contribution in [-0.2, 0) is 6.61 Å². The van der Waals surface area contributed by atoms with Gasteiger partial charge in [0.1, 0.15) is 18.1 Å². The summed E-state index contributed by atoms with van der Waals surface area (Å²) in [5.74, 6) is 1.27. The maximum absolute atomic E-state index is 8.99. The number of nitriles is 1. The smallest absolute Gasteiger partial charge is 0.124 e. The number of benzene rings is 2. The lowest BCUT2D eigenvalue weighted by molar-refractivity contribution is 0.302. The highest BCUT2D eigenvalue weighted by Gasteiger charge is 2.06. The molecule has 0 fully saturated rings. The van der Waals surface area contributed by atoms with Crippen LogP contribution in [0.2, 0.25) is 0 Å². The molecule has 0 radical (unpaired) electrons. The lowest BCUT2D eigenvalue weighted by atomic mass is 10.0. The summed E-state index contributed by atoms with van der Waals surface area (Å²) < 4.78 is 11.0. The predicted octanol–water partition coefficient (Wildman–Crippen LogP) is 3.76. The third-order valence-electron chi connectivity index (χ3n) is 3.27. The highest BCUT2D eigenvalue weighted by atomic mass is 16.5. The molecule has 3 heteroatoms. The van der Waals surface area contributed by atoms with E-state index in [1.807, 2.05) is 6.07 Å². The molecule has 2 aromatic rings. The topological polar surface area (TPSA) is 42.2 Å². The first kappa shape index (κ1) is 14.0. The Morgan fingerprint density at radius 3 is 2.30 bits per heavy atom. The maximum Gasteiger partial charge on any atom is 0.124 e. The van der Waals surface area contributed by atoms with Crippen LogP contribution < -0.4 is 9.47 Å². The third kappa shape index (κ3) is 3.10. The Balaban J connectivity index is 2.21. The molecule has 0 heterocycles. The molecule has 0 saturated heterocycles. The molecule has 3 nitrogen and oxygen atoms in total. The van der Waals surface area contributed by atoms with Crippen LogP contribution in [-0.4, -0.2) is 7.11 Å². The fraction of sp³-hybridized carbons (Fsp3) is 0.235. The van der Waals surface area contributed by atoms with Gasteiger partial charge in [-0.1, -0.05) is 18.2 Å². The first-order valence-corrected chi connectivity index (χ1v) is 6.41. The van der Waals surface area contributed by atoms with Gasteiger partial charge in [0.05, 0.1) is 18.7 Å². The van der Waals surface area contributed by atoms with E-state index in [1.165, 1.54) is 16.7 Å². The molecule has 0 saturated carbocycles. The van der Waals surface area contributed by atoms with Crippen LogP contribution >= 0.6 is 0 Å². The Morgan fingerprint density at radius 2 is 1.70 bits per heavy atom. The van der Waals surface area contributed by atoms with Crippen LogP contribution in [0.4, 0.5) is 0 Å². The zero-order chi connectivity index (χ0) is 14.5. The van der Waals surface area contributed by atoms with Crippen molar-refractivity contribution in [3.05, 3.63) is 58.7 Å². The first-order valence-electron chi connectivity index (χ1n) is 6.41. The molecule has 0 amide bonds. The molecular weight excluding hydrogens is 250 g/mol. The third-order valence-corrected chi connectivity index (χ3v) is 3.27. The van der Waals surface area contributed by atoms with E-state index in [2.05, 4.69) is 32.0 Å². The summed E-state index contributed by atoms with van der Waals surface area (Å²) in [4.78, 5) is 0. The Kier molecular flexibility index (Phi) is 4.27. The number of hydrogen-bond acceptors (Lipinski definition) is 3. The Hall–Kier alpha value is -2.47. The Labute approximate surface area is 119 Å². The van der Waals surface area contributed by atoms with Crippen molar-refractivity contribution in [2.75, 3.05) is 7.11 Å². The van der Waals surface area contributed by atoms with E-state index < -0.39 is 0 Å². The minimum atomic E-state index is 0.483. The lowest BCUT2D eigenvalue weighted by Crippen LogP contribution is -2.01. The summed E-state index contributed by atoms with van der Waals surface area (Å²) in [5, 5.41) is 8.99. The highest BCUT2D eigenvalue weighted by Crippen LogP contribution is 2.24. The van der Waals surface area contributed by atoms with Crippen LogP contribution in [0.25, 0.3) is 0 Å². The summed E-state index contributed by atoms with van der Waals surface area (Å²) in [5.41, 5.74) is 4.11. The molecule has 0 bridgehead atoms. The van der Waals surface area contributed by atoms with Crippen molar-refractivity contribution in [2.24, 2.45) is 0 Å². The van der Waals surface area contributed by atoms with Gasteiger partial charge in [0.15, 0.2) is 0 Å². The van der Waals surface area contributed by atoms with Crippen molar-refractivity contribution in [3.63, 3.8) is 0 Å². The lowest BCUT2D eigenvalue weighted by Gasteiger charge is -2.12. The second-order valence-electron chi connectivity index (χ2n) is 4.67. The number of methoxy groups -OCH3 is 1. The Bertz CT molecular complexity index is 636. The monoisotopic (exact) mass is 267 g/mol. The first-order chi connectivity index (χ1) is 9.63. The number of hydrogen-bond donors (Lipinski definition) is 0. The maximum atomic E-state index is 8.99. The number of nitrogens with zero attached hydrogens (tertiary/aromatic N) is 1. The zero-order valence-electron chi connectivity index (χ0n) is 11.9. The van der Waals surface area contributed by atoms with Crippen LogP contribution in [0.1, 0.15) is 22.3 Å². The molecule has 0 aliphatic rings. The van der Waals surface area contributed by atoms with Crippen molar-refractivity contribution in [1.82, 2.24) is 0 Å². The quantitative estimate of drug-likeness (QED) is 0.847. The average Bonchev–Trinajstić information content (AvgIpc) is 2.46. The van der Waals surface area contributed by atoms with Gasteiger partial charge < -0.3 is 9.47 Å². The normalized spacial score (nSPS) is 9.90. The van der Waals surface area contributed by atoms with Gasteiger partial charge in [-0.15, -0.1) is 0 Å². The van der Waals surface area contributed by atoms with E-state index in [0.29, 0.717) is 23.7 Å². The van der Waals surface area contributed by atoms with Gasteiger partial charge in [-0.25, -0.2) is 0 Å². The number of ether oxygens (including phenoxy) is 2. The molecular formula is C17H17NO2. The Morgan fingerprint density at radius 1 is 1.05 bits per heavy atom. The molecule has 0 aliphatic heterocycles.